The van der Waals surface area contributed by atoms with Gasteiger partial charge in [0.1, 0.15) is 0 Å². The molecule has 1 unspecified atom stereocenters. The van der Waals surface area contributed by atoms with Crippen molar-refractivity contribution in [3.63, 3.8) is 0 Å². The van der Waals surface area contributed by atoms with Crippen molar-refractivity contribution in [1.29, 1.82) is 0 Å². The molecule has 0 saturated heterocycles. The molecule has 0 nitrogen and oxygen atoms in total. The van der Waals surface area contributed by atoms with Gasteiger partial charge in [0.25, 0.3) is 0 Å². The Kier molecular flexibility index (Phi) is 3.67. The summed E-state index contributed by atoms with van der Waals surface area (Å²) in [7, 11) is 0. The quantitative estimate of drug-likeness (QED) is 0.664. The highest BCUT2D eigenvalue weighted by Gasteiger charge is 2.25. The van der Waals surface area contributed by atoms with E-state index in [4.69, 9.17) is 0 Å². The second-order valence-corrected chi connectivity index (χ2v) is 6.40. The summed E-state index contributed by atoms with van der Waals surface area (Å²) in [5, 5.41) is 2.18. The standard InChI is InChI=1S/C12H17BrS/c1-9-4-6-10(7-5-9)12(13)11-3-2-8-14-11/h2-3,8-10,12H,4-7H2,1H3. The predicted molar refractivity (Wildman–Crippen MR) is 67.1 cm³/mol. The van der Waals surface area contributed by atoms with E-state index in [1.807, 2.05) is 11.3 Å². The third kappa shape index (κ3) is 2.40. The van der Waals surface area contributed by atoms with Gasteiger partial charge in [-0.25, -0.2) is 0 Å². The van der Waals surface area contributed by atoms with Crippen LogP contribution in [0.2, 0.25) is 0 Å². The van der Waals surface area contributed by atoms with Crippen LogP contribution < -0.4 is 0 Å². The van der Waals surface area contributed by atoms with Gasteiger partial charge in [-0.3, -0.25) is 0 Å². The molecule has 0 radical (unpaired) electrons. The molecule has 2 rings (SSSR count). The molecular formula is C12H17BrS. The highest BCUT2D eigenvalue weighted by atomic mass is 79.9. The van der Waals surface area contributed by atoms with Crippen molar-refractivity contribution in [2.24, 2.45) is 11.8 Å². The molecule has 0 aromatic carbocycles. The molecule has 0 N–H and O–H groups in total. The van der Waals surface area contributed by atoms with Crippen LogP contribution >= 0.6 is 27.3 Å². The van der Waals surface area contributed by atoms with Crippen molar-refractivity contribution in [2.75, 3.05) is 0 Å². The summed E-state index contributed by atoms with van der Waals surface area (Å²) in [5.74, 6) is 1.82. The van der Waals surface area contributed by atoms with Crippen LogP contribution in [0.3, 0.4) is 0 Å². The van der Waals surface area contributed by atoms with Gasteiger partial charge in [-0.1, -0.05) is 41.8 Å². The minimum atomic E-state index is 0.606. The number of hydrogen-bond donors (Lipinski definition) is 0. The Bertz CT molecular complexity index is 260. The molecule has 1 aromatic rings. The van der Waals surface area contributed by atoms with E-state index in [1.165, 1.54) is 30.6 Å². The summed E-state index contributed by atoms with van der Waals surface area (Å²) in [6.07, 6.45) is 5.63. The van der Waals surface area contributed by atoms with Crippen LogP contribution in [0.25, 0.3) is 0 Å². The highest BCUT2D eigenvalue weighted by Crippen LogP contribution is 2.42. The SMILES string of the molecule is CC1CCC(C(Br)c2cccs2)CC1. The molecule has 1 aromatic heterocycles. The molecule has 0 spiro atoms. The van der Waals surface area contributed by atoms with E-state index in [1.54, 1.807) is 0 Å². The van der Waals surface area contributed by atoms with Crippen LogP contribution in [0.15, 0.2) is 17.5 Å². The van der Waals surface area contributed by atoms with Gasteiger partial charge in [0.2, 0.25) is 0 Å². The molecule has 1 atom stereocenters. The Balaban J connectivity index is 1.95. The summed E-state index contributed by atoms with van der Waals surface area (Å²) in [6, 6.07) is 4.40. The van der Waals surface area contributed by atoms with Crippen LogP contribution in [0.5, 0.6) is 0 Å². The minimum Gasteiger partial charge on any atom is -0.148 e. The van der Waals surface area contributed by atoms with Crippen molar-refractivity contribution >= 4 is 27.3 Å². The van der Waals surface area contributed by atoms with Gasteiger partial charge in [0.15, 0.2) is 0 Å². The third-order valence-corrected chi connectivity index (χ3v) is 5.79. The minimum absolute atomic E-state index is 0.606. The summed E-state index contributed by atoms with van der Waals surface area (Å²) in [5.41, 5.74) is 0. The van der Waals surface area contributed by atoms with Crippen LogP contribution in [-0.4, -0.2) is 0 Å². The zero-order valence-electron chi connectivity index (χ0n) is 8.58. The van der Waals surface area contributed by atoms with E-state index in [9.17, 15) is 0 Å². The van der Waals surface area contributed by atoms with Crippen LogP contribution in [0.4, 0.5) is 0 Å². The predicted octanol–water partition coefficient (Wildman–Crippen LogP) is 5.01. The largest absolute Gasteiger partial charge is 0.148 e. The monoisotopic (exact) mass is 272 g/mol. The maximum absolute atomic E-state index is 3.86. The van der Waals surface area contributed by atoms with Crippen LogP contribution in [-0.2, 0) is 0 Å². The van der Waals surface area contributed by atoms with E-state index in [-0.39, 0.29) is 0 Å². The highest BCUT2D eigenvalue weighted by molar-refractivity contribution is 9.09. The number of rotatable bonds is 2. The average molecular weight is 273 g/mol. The van der Waals surface area contributed by atoms with Gasteiger partial charge in [0.05, 0.1) is 4.83 Å². The first-order valence-electron chi connectivity index (χ1n) is 5.45. The summed E-state index contributed by atoms with van der Waals surface area (Å²) in [6.45, 7) is 2.38. The molecule has 0 amide bonds. The fourth-order valence-corrected chi connectivity index (χ4v) is 4.06. The van der Waals surface area contributed by atoms with Crippen molar-refractivity contribution in [2.45, 2.75) is 37.4 Å². The maximum Gasteiger partial charge on any atom is 0.0517 e. The lowest BCUT2D eigenvalue weighted by Crippen LogP contribution is -2.15. The first kappa shape index (κ1) is 10.7. The fraction of sp³-hybridized carbons (Fsp3) is 0.667. The van der Waals surface area contributed by atoms with Gasteiger partial charge < -0.3 is 0 Å². The summed E-state index contributed by atoms with van der Waals surface area (Å²) >= 11 is 5.74. The van der Waals surface area contributed by atoms with Crippen molar-refractivity contribution in [1.82, 2.24) is 0 Å². The second kappa shape index (κ2) is 4.80. The lowest BCUT2D eigenvalue weighted by molar-refractivity contribution is 0.288. The second-order valence-electron chi connectivity index (χ2n) is 4.44. The fourth-order valence-electron chi connectivity index (χ4n) is 2.26. The van der Waals surface area contributed by atoms with Gasteiger partial charge in [-0.2, -0.15) is 0 Å². The van der Waals surface area contributed by atoms with Gasteiger partial charge >= 0.3 is 0 Å². The molecule has 1 heterocycles. The lowest BCUT2D eigenvalue weighted by Gasteiger charge is -2.29. The molecule has 1 fully saturated rings. The maximum atomic E-state index is 3.86. The number of halogens is 1. The molecule has 1 saturated carbocycles. The Labute approximate surface area is 98.9 Å². The van der Waals surface area contributed by atoms with Gasteiger partial charge in [0, 0.05) is 4.88 Å². The summed E-state index contributed by atoms with van der Waals surface area (Å²) < 4.78 is 0. The van der Waals surface area contributed by atoms with Gasteiger partial charge in [-0.15, -0.1) is 11.3 Å². The van der Waals surface area contributed by atoms with E-state index in [2.05, 4.69) is 40.4 Å². The Morgan fingerprint density at radius 1 is 1.36 bits per heavy atom. The van der Waals surface area contributed by atoms with Crippen molar-refractivity contribution < 1.29 is 0 Å². The molecule has 78 valence electrons. The van der Waals surface area contributed by atoms with E-state index in [0.29, 0.717) is 4.83 Å². The first-order chi connectivity index (χ1) is 6.77. The molecule has 2 heteroatoms. The Morgan fingerprint density at radius 2 is 2.07 bits per heavy atom. The number of alkyl halides is 1. The zero-order valence-corrected chi connectivity index (χ0v) is 11.0. The number of hydrogen-bond acceptors (Lipinski definition) is 1. The Hall–Kier alpha value is 0.180. The smallest absolute Gasteiger partial charge is 0.0517 e. The summed E-state index contributed by atoms with van der Waals surface area (Å²) in [4.78, 5) is 2.11. The topological polar surface area (TPSA) is 0 Å². The van der Waals surface area contributed by atoms with Crippen LogP contribution in [0.1, 0.15) is 42.3 Å². The number of thiophene rings is 1. The molecule has 1 aliphatic carbocycles. The first-order valence-corrected chi connectivity index (χ1v) is 7.24. The third-order valence-electron chi connectivity index (χ3n) is 3.29. The molecule has 0 bridgehead atoms. The van der Waals surface area contributed by atoms with E-state index >= 15 is 0 Å². The normalized spacial score (nSPS) is 30.1. The average Bonchev–Trinajstić information content (AvgIpc) is 2.71. The van der Waals surface area contributed by atoms with Gasteiger partial charge in [-0.05, 0) is 36.1 Å². The molecule has 0 aliphatic heterocycles. The lowest BCUT2D eigenvalue weighted by atomic mass is 9.81. The molecular weight excluding hydrogens is 256 g/mol. The molecule has 1 aliphatic rings. The zero-order chi connectivity index (χ0) is 9.97. The Morgan fingerprint density at radius 3 is 2.64 bits per heavy atom. The van der Waals surface area contributed by atoms with Crippen molar-refractivity contribution in [3.05, 3.63) is 22.4 Å². The molecule has 14 heavy (non-hydrogen) atoms. The van der Waals surface area contributed by atoms with E-state index < -0.39 is 0 Å². The van der Waals surface area contributed by atoms with E-state index in [0.717, 1.165) is 11.8 Å². The van der Waals surface area contributed by atoms with Crippen LogP contribution in [0, 0.1) is 11.8 Å². The van der Waals surface area contributed by atoms with Crippen molar-refractivity contribution in [3.8, 4) is 0 Å².